The average molecular weight is 261 g/mol. The van der Waals surface area contributed by atoms with Crippen LogP contribution in [0.2, 0.25) is 0 Å². The molecule has 0 fully saturated rings. The molecule has 3 heterocycles. The number of nitrogens with zero attached hydrogens (tertiary/aromatic N) is 2. The summed E-state index contributed by atoms with van der Waals surface area (Å²) in [5, 5.41) is 4.65. The van der Waals surface area contributed by atoms with Crippen LogP contribution in [0.3, 0.4) is 0 Å². The Hall–Kier alpha value is -2.42. The number of fused-ring (bicyclic) bond motifs is 4. The molecule has 0 amide bonds. The van der Waals surface area contributed by atoms with Gasteiger partial charge in [0.15, 0.2) is 0 Å². The predicted octanol–water partition coefficient (Wildman–Crippen LogP) is 3.84. The van der Waals surface area contributed by atoms with Crippen molar-refractivity contribution in [3.8, 4) is 11.3 Å². The third-order valence-corrected chi connectivity index (χ3v) is 4.00. The van der Waals surface area contributed by atoms with Gasteiger partial charge < -0.3 is 5.32 Å². The van der Waals surface area contributed by atoms with Gasteiger partial charge >= 0.3 is 0 Å². The van der Waals surface area contributed by atoms with Gasteiger partial charge in [0.2, 0.25) is 0 Å². The van der Waals surface area contributed by atoms with Crippen molar-refractivity contribution in [1.29, 1.82) is 0 Å². The molecular weight excluding hydrogens is 246 g/mol. The highest BCUT2D eigenvalue weighted by Crippen LogP contribution is 2.36. The molecule has 1 N–H and O–H groups in total. The lowest BCUT2D eigenvalue weighted by atomic mass is 9.95. The maximum absolute atomic E-state index is 4.87. The highest BCUT2D eigenvalue weighted by atomic mass is 15.0. The molecule has 1 aliphatic heterocycles. The van der Waals surface area contributed by atoms with Crippen molar-refractivity contribution in [3.63, 3.8) is 0 Å². The minimum absolute atomic E-state index is 0.794. The molecule has 2 aromatic heterocycles. The lowest BCUT2D eigenvalue weighted by Gasteiger charge is -2.22. The van der Waals surface area contributed by atoms with Crippen LogP contribution in [-0.4, -0.2) is 9.97 Å². The Kier molecular flexibility index (Phi) is 2.30. The van der Waals surface area contributed by atoms with E-state index in [4.69, 9.17) is 4.98 Å². The summed E-state index contributed by atoms with van der Waals surface area (Å²) < 4.78 is 0. The van der Waals surface area contributed by atoms with Crippen molar-refractivity contribution in [2.75, 3.05) is 5.32 Å². The smallest absolute Gasteiger partial charge is 0.135 e. The van der Waals surface area contributed by atoms with Gasteiger partial charge in [0.1, 0.15) is 5.82 Å². The van der Waals surface area contributed by atoms with E-state index in [1.165, 1.54) is 16.5 Å². The third-order valence-electron chi connectivity index (χ3n) is 4.00. The molecule has 98 valence electrons. The van der Waals surface area contributed by atoms with Gasteiger partial charge in [0.25, 0.3) is 0 Å². The van der Waals surface area contributed by atoms with Crippen LogP contribution in [0.4, 0.5) is 5.82 Å². The van der Waals surface area contributed by atoms with Gasteiger partial charge in [-0.25, -0.2) is 9.97 Å². The van der Waals surface area contributed by atoms with Crippen molar-refractivity contribution in [3.05, 3.63) is 53.2 Å². The van der Waals surface area contributed by atoms with Crippen molar-refractivity contribution in [2.45, 2.75) is 20.4 Å². The van der Waals surface area contributed by atoms with Crippen LogP contribution in [0, 0.1) is 13.8 Å². The highest BCUT2D eigenvalue weighted by molar-refractivity contribution is 5.90. The molecule has 0 bridgehead atoms. The Balaban J connectivity index is 2.08. The van der Waals surface area contributed by atoms with Gasteiger partial charge in [0.05, 0.1) is 11.2 Å². The number of benzene rings is 1. The first kappa shape index (κ1) is 11.4. The minimum Gasteiger partial charge on any atom is -0.365 e. The van der Waals surface area contributed by atoms with Crippen molar-refractivity contribution in [1.82, 2.24) is 9.97 Å². The summed E-state index contributed by atoms with van der Waals surface area (Å²) in [5.41, 5.74) is 6.84. The Labute approximate surface area is 117 Å². The summed E-state index contributed by atoms with van der Waals surface area (Å²) >= 11 is 0. The van der Waals surface area contributed by atoms with Crippen molar-refractivity contribution >= 4 is 16.7 Å². The molecule has 0 unspecified atom stereocenters. The maximum atomic E-state index is 4.87. The van der Waals surface area contributed by atoms with Crippen LogP contribution in [0.1, 0.15) is 16.8 Å². The fraction of sp³-hybridized carbons (Fsp3) is 0.176. The van der Waals surface area contributed by atoms with E-state index in [0.29, 0.717) is 0 Å². The zero-order valence-corrected chi connectivity index (χ0v) is 11.6. The monoisotopic (exact) mass is 261 g/mol. The fourth-order valence-corrected chi connectivity index (χ4v) is 2.91. The maximum Gasteiger partial charge on any atom is 0.135 e. The molecule has 0 saturated carbocycles. The number of rotatable bonds is 0. The molecule has 0 saturated heterocycles. The average Bonchev–Trinajstić information content (AvgIpc) is 2.47. The molecule has 1 aliphatic rings. The van der Waals surface area contributed by atoms with Gasteiger partial charge in [-0.2, -0.15) is 0 Å². The second kappa shape index (κ2) is 4.04. The molecule has 4 rings (SSSR count). The number of nitrogens with one attached hydrogen (secondary N) is 1. The molecule has 3 heteroatoms. The van der Waals surface area contributed by atoms with E-state index in [0.717, 1.165) is 34.8 Å². The van der Waals surface area contributed by atoms with Crippen LogP contribution in [0.5, 0.6) is 0 Å². The van der Waals surface area contributed by atoms with Crippen LogP contribution in [-0.2, 0) is 6.54 Å². The summed E-state index contributed by atoms with van der Waals surface area (Å²) in [7, 11) is 0. The standard InChI is InChI=1S/C17H15N3/c1-10-7-8-13-16-14(9-18-17(13)19-10)11(2)12-5-3-4-6-15(12)20-16/h3-8H,9H2,1-2H3,(H,18,19). The number of pyridine rings is 2. The van der Waals surface area contributed by atoms with Crippen molar-refractivity contribution < 1.29 is 0 Å². The van der Waals surface area contributed by atoms with E-state index in [1.54, 1.807) is 0 Å². The number of hydrogen-bond acceptors (Lipinski definition) is 3. The molecule has 1 aromatic carbocycles. The Morgan fingerprint density at radius 3 is 2.75 bits per heavy atom. The highest BCUT2D eigenvalue weighted by Gasteiger charge is 2.21. The predicted molar refractivity (Wildman–Crippen MR) is 81.8 cm³/mol. The summed E-state index contributed by atoms with van der Waals surface area (Å²) in [6.45, 7) is 4.98. The van der Waals surface area contributed by atoms with E-state index in [9.17, 15) is 0 Å². The van der Waals surface area contributed by atoms with E-state index < -0.39 is 0 Å². The van der Waals surface area contributed by atoms with E-state index >= 15 is 0 Å². The molecule has 0 atom stereocenters. The van der Waals surface area contributed by atoms with Crippen LogP contribution in [0.25, 0.3) is 22.2 Å². The van der Waals surface area contributed by atoms with Gasteiger partial charge in [-0.3, -0.25) is 0 Å². The first-order valence-electron chi connectivity index (χ1n) is 6.84. The largest absolute Gasteiger partial charge is 0.365 e. The van der Waals surface area contributed by atoms with Crippen LogP contribution in [0.15, 0.2) is 36.4 Å². The summed E-state index contributed by atoms with van der Waals surface area (Å²) in [4.78, 5) is 9.44. The Bertz CT molecular complexity index is 837. The molecule has 3 aromatic rings. The number of aryl methyl sites for hydroxylation is 2. The second-order valence-corrected chi connectivity index (χ2v) is 5.28. The first-order valence-corrected chi connectivity index (χ1v) is 6.84. The van der Waals surface area contributed by atoms with Gasteiger partial charge in [-0.15, -0.1) is 0 Å². The number of anilines is 1. The third kappa shape index (κ3) is 1.53. The molecule has 0 aliphatic carbocycles. The normalized spacial score (nSPS) is 12.7. The molecule has 0 spiro atoms. The zero-order valence-electron chi connectivity index (χ0n) is 11.6. The molecule has 20 heavy (non-hydrogen) atoms. The van der Waals surface area contributed by atoms with E-state index in [-0.39, 0.29) is 0 Å². The number of hydrogen-bond donors (Lipinski definition) is 1. The van der Waals surface area contributed by atoms with Crippen molar-refractivity contribution in [2.24, 2.45) is 0 Å². The van der Waals surface area contributed by atoms with Gasteiger partial charge in [-0.1, -0.05) is 18.2 Å². The topological polar surface area (TPSA) is 37.8 Å². The first-order chi connectivity index (χ1) is 9.74. The lowest BCUT2D eigenvalue weighted by molar-refractivity contribution is 1.04. The van der Waals surface area contributed by atoms with Crippen LogP contribution < -0.4 is 5.32 Å². The molecular formula is C17H15N3. The molecule has 3 nitrogen and oxygen atoms in total. The van der Waals surface area contributed by atoms with Crippen LogP contribution >= 0.6 is 0 Å². The second-order valence-electron chi connectivity index (χ2n) is 5.28. The van der Waals surface area contributed by atoms with E-state index in [2.05, 4.69) is 41.5 Å². The SMILES string of the molecule is Cc1ccc2c(n1)NCc1c-2nc2ccccc2c1C. The Morgan fingerprint density at radius 2 is 1.85 bits per heavy atom. The Morgan fingerprint density at radius 1 is 1.00 bits per heavy atom. The minimum atomic E-state index is 0.794. The summed E-state index contributed by atoms with van der Waals surface area (Å²) in [6.07, 6.45) is 0. The lowest BCUT2D eigenvalue weighted by Crippen LogP contribution is -2.13. The number of para-hydroxylation sites is 1. The molecule has 0 radical (unpaired) electrons. The van der Waals surface area contributed by atoms with Gasteiger partial charge in [-0.05, 0) is 37.6 Å². The summed E-state index contributed by atoms with van der Waals surface area (Å²) in [6, 6.07) is 12.5. The fourth-order valence-electron chi connectivity index (χ4n) is 2.91. The number of aromatic nitrogens is 2. The zero-order chi connectivity index (χ0) is 13.7. The van der Waals surface area contributed by atoms with E-state index in [1.807, 2.05) is 19.1 Å². The quantitative estimate of drug-likeness (QED) is 0.668. The summed E-state index contributed by atoms with van der Waals surface area (Å²) in [5.74, 6) is 0.944. The van der Waals surface area contributed by atoms with Gasteiger partial charge in [0, 0.05) is 28.8 Å².